The lowest BCUT2D eigenvalue weighted by atomic mass is 9.80. The molecule has 0 saturated carbocycles. The molecule has 0 heterocycles. The molecular weight excluding hydrogens is 204 g/mol. The minimum absolute atomic E-state index is 0.0122. The molecule has 1 aliphatic carbocycles. The summed E-state index contributed by atoms with van der Waals surface area (Å²) in [5, 5.41) is 17.7. The Morgan fingerprint density at radius 3 is 2.50 bits per heavy atom. The van der Waals surface area contributed by atoms with Crippen LogP contribution in [0.25, 0.3) is 0 Å². The molecule has 0 amide bonds. The first-order chi connectivity index (χ1) is 6.35. The number of rotatable bonds is 2. The molecule has 0 aliphatic heterocycles. The summed E-state index contributed by atoms with van der Waals surface area (Å²) < 4.78 is 0. The molecule has 0 aromatic heterocycles. The average Bonchev–Trinajstić information content (AvgIpc) is 2.02. The molecule has 0 aromatic rings. The molecule has 0 saturated heterocycles. The van der Waals surface area contributed by atoms with Crippen LogP contribution < -0.4 is 0 Å². The van der Waals surface area contributed by atoms with Gasteiger partial charge in [0, 0.05) is 10.5 Å². The van der Waals surface area contributed by atoms with Crippen LogP contribution in [0.2, 0.25) is 0 Å². The maximum absolute atomic E-state index is 10.9. The predicted octanol–water partition coefficient (Wildman–Crippen LogP) is 1.31. The summed E-state index contributed by atoms with van der Waals surface area (Å²) in [6.45, 7) is 1.47. The first-order valence-electron chi connectivity index (χ1n) is 3.94. The van der Waals surface area contributed by atoms with Crippen LogP contribution in [-0.4, -0.2) is 22.2 Å². The van der Waals surface area contributed by atoms with Crippen LogP contribution in [0.4, 0.5) is 0 Å². The molecular formula is C9H10O4S. The monoisotopic (exact) mass is 214 g/mol. The van der Waals surface area contributed by atoms with E-state index in [0.29, 0.717) is 4.91 Å². The molecule has 14 heavy (non-hydrogen) atoms. The number of carbonyl (C=O) groups is 2. The lowest BCUT2D eigenvalue weighted by molar-refractivity contribution is -0.145. The van der Waals surface area contributed by atoms with Crippen molar-refractivity contribution in [2.75, 3.05) is 0 Å². The normalized spacial score (nSPS) is 26.4. The molecule has 1 aliphatic rings. The second-order valence-electron chi connectivity index (χ2n) is 3.44. The van der Waals surface area contributed by atoms with E-state index in [1.165, 1.54) is 19.1 Å². The largest absolute Gasteiger partial charge is 0.481 e. The van der Waals surface area contributed by atoms with E-state index in [-0.39, 0.29) is 12.0 Å². The lowest BCUT2D eigenvalue weighted by Crippen LogP contribution is -2.29. The summed E-state index contributed by atoms with van der Waals surface area (Å²) in [7, 11) is 0. The zero-order valence-corrected chi connectivity index (χ0v) is 8.41. The van der Waals surface area contributed by atoms with Crippen LogP contribution in [0.5, 0.6) is 0 Å². The minimum Gasteiger partial charge on any atom is -0.481 e. The van der Waals surface area contributed by atoms with Crippen molar-refractivity contribution in [3.63, 3.8) is 0 Å². The first-order valence-corrected chi connectivity index (χ1v) is 4.39. The molecule has 1 atom stereocenters. The number of allylic oxidation sites excluding steroid dienone is 1. The van der Waals surface area contributed by atoms with Crippen molar-refractivity contribution < 1.29 is 19.8 Å². The summed E-state index contributed by atoms with van der Waals surface area (Å²) in [4.78, 5) is 22.0. The molecule has 2 N–H and O–H groups in total. The van der Waals surface area contributed by atoms with Gasteiger partial charge in [-0.15, -0.1) is 12.6 Å². The van der Waals surface area contributed by atoms with Gasteiger partial charge in [0.15, 0.2) is 0 Å². The van der Waals surface area contributed by atoms with Crippen LogP contribution in [-0.2, 0) is 9.59 Å². The second kappa shape index (κ2) is 3.49. The molecule has 0 aromatic carbocycles. The van der Waals surface area contributed by atoms with Crippen molar-refractivity contribution in [1.82, 2.24) is 0 Å². The number of hydrogen-bond acceptors (Lipinski definition) is 3. The molecule has 1 unspecified atom stereocenters. The van der Waals surface area contributed by atoms with E-state index in [2.05, 4.69) is 12.6 Å². The number of carboxylic acids is 2. The molecule has 0 radical (unpaired) electrons. The Kier molecular flexibility index (Phi) is 2.71. The Hall–Kier alpha value is -1.23. The van der Waals surface area contributed by atoms with Crippen molar-refractivity contribution in [1.29, 1.82) is 0 Å². The smallest absolute Gasteiger partial charge is 0.331 e. The topological polar surface area (TPSA) is 74.6 Å². The molecule has 0 spiro atoms. The van der Waals surface area contributed by atoms with Crippen LogP contribution in [0.15, 0.2) is 22.6 Å². The van der Waals surface area contributed by atoms with Gasteiger partial charge in [-0.1, -0.05) is 6.08 Å². The summed E-state index contributed by atoms with van der Waals surface area (Å²) in [6.07, 6.45) is 2.81. The highest BCUT2D eigenvalue weighted by molar-refractivity contribution is 7.84. The van der Waals surface area contributed by atoms with Gasteiger partial charge in [0.2, 0.25) is 0 Å². The minimum atomic E-state index is -1.17. The van der Waals surface area contributed by atoms with E-state index in [1.54, 1.807) is 0 Å². The third kappa shape index (κ3) is 1.98. The fourth-order valence-corrected chi connectivity index (χ4v) is 1.76. The summed E-state index contributed by atoms with van der Waals surface area (Å²) in [6, 6.07) is 0. The maximum Gasteiger partial charge on any atom is 0.331 e. The molecule has 4 nitrogen and oxygen atoms in total. The van der Waals surface area contributed by atoms with E-state index in [1.807, 2.05) is 0 Å². The van der Waals surface area contributed by atoms with Gasteiger partial charge in [-0.25, -0.2) is 4.79 Å². The first kappa shape index (κ1) is 10.8. The van der Waals surface area contributed by atoms with E-state index < -0.39 is 17.4 Å². The van der Waals surface area contributed by atoms with E-state index in [4.69, 9.17) is 10.2 Å². The average molecular weight is 214 g/mol. The highest BCUT2D eigenvalue weighted by atomic mass is 32.1. The Morgan fingerprint density at radius 1 is 1.50 bits per heavy atom. The van der Waals surface area contributed by atoms with Crippen LogP contribution >= 0.6 is 12.6 Å². The quantitative estimate of drug-likeness (QED) is 0.606. The summed E-state index contributed by atoms with van der Waals surface area (Å²) >= 11 is 3.98. The predicted molar refractivity (Wildman–Crippen MR) is 53.1 cm³/mol. The van der Waals surface area contributed by atoms with Crippen molar-refractivity contribution >= 4 is 24.6 Å². The second-order valence-corrected chi connectivity index (χ2v) is 3.96. The number of hydrogen-bond donors (Lipinski definition) is 3. The van der Waals surface area contributed by atoms with Crippen molar-refractivity contribution in [3.05, 3.63) is 22.6 Å². The fraction of sp³-hybridized carbons (Fsp3) is 0.333. The molecule has 0 bridgehead atoms. The SMILES string of the molecule is CC1(C(=O)O)C=C(S)C=C(C(=O)O)C1. The number of thiol groups is 1. The van der Waals surface area contributed by atoms with Crippen molar-refractivity contribution in [2.45, 2.75) is 13.3 Å². The highest BCUT2D eigenvalue weighted by Crippen LogP contribution is 2.35. The van der Waals surface area contributed by atoms with Gasteiger partial charge >= 0.3 is 11.9 Å². The Labute approximate surface area is 86.3 Å². The van der Waals surface area contributed by atoms with E-state index in [9.17, 15) is 9.59 Å². The van der Waals surface area contributed by atoms with Crippen molar-refractivity contribution in [3.8, 4) is 0 Å². The zero-order chi connectivity index (χ0) is 10.9. The molecule has 76 valence electrons. The van der Waals surface area contributed by atoms with Gasteiger partial charge in [-0.2, -0.15) is 0 Å². The van der Waals surface area contributed by atoms with Gasteiger partial charge in [0.05, 0.1) is 5.41 Å². The molecule has 0 fully saturated rings. The van der Waals surface area contributed by atoms with Gasteiger partial charge in [0.1, 0.15) is 0 Å². The van der Waals surface area contributed by atoms with E-state index >= 15 is 0 Å². The third-order valence-electron chi connectivity index (χ3n) is 2.11. The standard InChI is InChI=1S/C9H10O4S/c1-9(8(12)13)3-5(7(10)11)2-6(14)4-9/h2,4,14H,3H2,1H3,(H,10,11)(H,12,13). The Morgan fingerprint density at radius 2 is 2.07 bits per heavy atom. The fourth-order valence-electron chi connectivity index (χ4n) is 1.32. The zero-order valence-electron chi connectivity index (χ0n) is 7.52. The van der Waals surface area contributed by atoms with E-state index in [0.717, 1.165) is 0 Å². The van der Waals surface area contributed by atoms with Gasteiger partial charge < -0.3 is 10.2 Å². The molecule has 5 heteroatoms. The van der Waals surface area contributed by atoms with Gasteiger partial charge in [-0.3, -0.25) is 4.79 Å². The Balaban J connectivity index is 3.08. The lowest BCUT2D eigenvalue weighted by Gasteiger charge is -2.24. The number of carboxylic acid groups (broad SMARTS) is 2. The number of aliphatic carboxylic acids is 2. The summed E-state index contributed by atoms with van der Waals surface area (Å²) in [5.74, 6) is -2.15. The Bertz CT molecular complexity index is 356. The van der Waals surface area contributed by atoms with Gasteiger partial charge in [-0.05, 0) is 19.4 Å². The molecule has 1 rings (SSSR count). The van der Waals surface area contributed by atoms with Crippen molar-refractivity contribution in [2.24, 2.45) is 5.41 Å². The van der Waals surface area contributed by atoms with Crippen LogP contribution in [0.3, 0.4) is 0 Å². The van der Waals surface area contributed by atoms with Crippen LogP contribution in [0, 0.1) is 5.41 Å². The van der Waals surface area contributed by atoms with Crippen LogP contribution in [0.1, 0.15) is 13.3 Å². The maximum atomic E-state index is 10.9. The summed E-state index contributed by atoms with van der Waals surface area (Å²) in [5.41, 5.74) is -1.10. The highest BCUT2D eigenvalue weighted by Gasteiger charge is 2.35. The third-order valence-corrected chi connectivity index (χ3v) is 2.37. The van der Waals surface area contributed by atoms with Gasteiger partial charge in [0.25, 0.3) is 0 Å².